The minimum Gasteiger partial charge on any atom is -0.233 e. The molecule has 0 spiro atoms. The van der Waals surface area contributed by atoms with Crippen molar-refractivity contribution in [2.45, 2.75) is 28.0 Å². The number of alkyl halides is 5. The fraction of sp³-hybridized carbons (Fsp3) is 0.714. The summed E-state index contributed by atoms with van der Waals surface area (Å²) in [7, 11) is 0. The minimum atomic E-state index is -1.95. The number of hydrogen-bond acceptors (Lipinski definition) is 2. The molecule has 16 heavy (non-hydrogen) atoms. The van der Waals surface area contributed by atoms with Crippen molar-refractivity contribution in [1.29, 1.82) is 0 Å². The van der Waals surface area contributed by atoms with Gasteiger partial charge in [-0.05, 0) is 6.42 Å². The molecule has 1 aromatic rings. The molecule has 3 nitrogen and oxygen atoms in total. The fourth-order valence-corrected chi connectivity index (χ4v) is 1.90. The lowest BCUT2D eigenvalue weighted by atomic mass is 10.3. The van der Waals surface area contributed by atoms with Gasteiger partial charge in [-0.25, -0.2) is 4.68 Å². The van der Waals surface area contributed by atoms with Crippen LogP contribution in [-0.2, 0) is 10.9 Å². The van der Waals surface area contributed by atoms with Gasteiger partial charge >= 0.3 is 0 Å². The summed E-state index contributed by atoms with van der Waals surface area (Å²) in [5.41, 5.74) is 0.0333. The molecule has 0 saturated carbocycles. The van der Waals surface area contributed by atoms with Crippen LogP contribution in [0.5, 0.6) is 0 Å². The van der Waals surface area contributed by atoms with Gasteiger partial charge in [0.15, 0.2) is 5.15 Å². The molecular formula is C7H7Cl6N3. The zero-order valence-corrected chi connectivity index (χ0v) is 12.6. The SMILES string of the molecule is CCCn1nnc(C(Cl)(Cl)C(Cl)(Cl)Cl)c1Cl. The summed E-state index contributed by atoms with van der Waals surface area (Å²) in [6.45, 7) is 2.54. The molecule has 0 amide bonds. The molecule has 0 N–H and O–H groups in total. The predicted molar refractivity (Wildman–Crippen MR) is 69.0 cm³/mol. The van der Waals surface area contributed by atoms with Gasteiger partial charge in [0.05, 0.1) is 0 Å². The van der Waals surface area contributed by atoms with Crippen molar-refractivity contribution in [2.24, 2.45) is 0 Å². The number of aromatic nitrogens is 3. The van der Waals surface area contributed by atoms with Crippen molar-refractivity contribution >= 4 is 69.6 Å². The Bertz CT molecular complexity index is 369. The summed E-state index contributed by atoms with van der Waals surface area (Å²) in [6.07, 6.45) is 0.827. The first-order valence-electron chi connectivity index (χ1n) is 4.25. The average Bonchev–Trinajstić information content (AvgIpc) is 2.47. The number of hydrogen-bond donors (Lipinski definition) is 0. The summed E-state index contributed by atoms with van der Waals surface area (Å²) in [6, 6.07) is 0. The highest BCUT2D eigenvalue weighted by atomic mass is 35.6. The standard InChI is InChI=1S/C7H7Cl6N3/c1-2-3-16-5(8)4(14-15-16)6(9,10)7(11,12)13/h2-3H2,1H3. The summed E-state index contributed by atoms with van der Waals surface area (Å²) < 4.78 is -2.36. The Hall–Kier alpha value is 0.880. The van der Waals surface area contributed by atoms with Gasteiger partial charge in [-0.15, -0.1) is 5.10 Å². The van der Waals surface area contributed by atoms with E-state index < -0.39 is 8.13 Å². The van der Waals surface area contributed by atoms with Gasteiger partial charge in [-0.1, -0.05) is 81.7 Å². The van der Waals surface area contributed by atoms with E-state index in [4.69, 9.17) is 69.6 Å². The van der Waals surface area contributed by atoms with Crippen LogP contribution in [0.4, 0.5) is 0 Å². The largest absolute Gasteiger partial charge is 0.233 e. The second kappa shape index (κ2) is 5.25. The molecule has 0 aliphatic heterocycles. The third-order valence-corrected chi connectivity index (χ3v) is 4.49. The maximum absolute atomic E-state index is 5.99. The zero-order valence-electron chi connectivity index (χ0n) is 8.02. The number of halogens is 6. The molecule has 0 aliphatic rings. The quantitative estimate of drug-likeness (QED) is 0.763. The van der Waals surface area contributed by atoms with Crippen molar-refractivity contribution in [3.05, 3.63) is 10.8 Å². The number of rotatable bonds is 3. The van der Waals surface area contributed by atoms with Gasteiger partial charge in [0.25, 0.3) is 0 Å². The summed E-state index contributed by atoms with van der Waals surface area (Å²) >= 11 is 34.8. The van der Waals surface area contributed by atoms with Crippen molar-refractivity contribution in [3.8, 4) is 0 Å². The van der Waals surface area contributed by atoms with Crippen LogP contribution in [-0.4, -0.2) is 18.8 Å². The molecule has 0 aromatic carbocycles. The zero-order chi connectivity index (χ0) is 12.6. The maximum Gasteiger partial charge on any atom is 0.228 e. The first kappa shape index (κ1) is 14.9. The molecular weight excluding hydrogens is 339 g/mol. The van der Waals surface area contributed by atoms with Crippen LogP contribution in [0.3, 0.4) is 0 Å². The second-order valence-electron chi connectivity index (χ2n) is 3.02. The van der Waals surface area contributed by atoms with E-state index in [9.17, 15) is 0 Å². The lowest BCUT2D eigenvalue weighted by Crippen LogP contribution is -2.29. The lowest BCUT2D eigenvalue weighted by Gasteiger charge is -2.25. The Morgan fingerprint density at radius 1 is 1.19 bits per heavy atom. The van der Waals surface area contributed by atoms with E-state index in [-0.39, 0.29) is 10.8 Å². The number of nitrogens with zero attached hydrogens (tertiary/aromatic N) is 3. The van der Waals surface area contributed by atoms with Crippen molar-refractivity contribution in [3.63, 3.8) is 0 Å². The normalized spacial score (nSPS) is 13.2. The first-order valence-corrected chi connectivity index (χ1v) is 6.52. The molecule has 0 fully saturated rings. The van der Waals surface area contributed by atoms with E-state index in [1.165, 1.54) is 4.68 Å². The Balaban J connectivity index is 3.14. The monoisotopic (exact) mass is 343 g/mol. The first-order chi connectivity index (χ1) is 7.21. The van der Waals surface area contributed by atoms with Gasteiger partial charge < -0.3 is 0 Å². The number of aryl methyl sites for hydroxylation is 1. The molecule has 0 unspecified atom stereocenters. The Morgan fingerprint density at radius 3 is 2.19 bits per heavy atom. The molecule has 0 saturated heterocycles. The molecule has 92 valence electrons. The highest BCUT2D eigenvalue weighted by Crippen LogP contribution is 2.53. The summed E-state index contributed by atoms with van der Waals surface area (Å²) in [5, 5.41) is 7.68. The van der Waals surface area contributed by atoms with Gasteiger partial charge in [-0.3, -0.25) is 0 Å². The molecule has 0 aliphatic carbocycles. The molecule has 1 aromatic heterocycles. The average molecular weight is 346 g/mol. The molecule has 1 heterocycles. The van der Waals surface area contributed by atoms with E-state index >= 15 is 0 Å². The van der Waals surface area contributed by atoms with Gasteiger partial charge in [0.2, 0.25) is 8.13 Å². The van der Waals surface area contributed by atoms with E-state index in [2.05, 4.69) is 10.3 Å². The third-order valence-electron chi connectivity index (χ3n) is 1.76. The highest BCUT2D eigenvalue weighted by molar-refractivity contribution is 6.75. The van der Waals surface area contributed by atoms with E-state index in [0.717, 1.165) is 6.42 Å². The molecule has 0 bridgehead atoms. The Morgan fingerprint density at radius 2 is 1.75 bits per heavy atom. The van der Waals surface area contributed by atoms with Crippen LogP contribution in [0, 0.1) is 0 Å². The van der Waals surface area contributed by atoms with Crippen LogP contribution in [0.25, 0.3) is 0 Å². The summed E-state index contributed by atoms with van der Waals surface area (Å²) in [4.78, 5) is 0. The fourth-order valence-electron chi connectivity index (χ4n) is 0.983. The molecule has 1 rings (SSSR count). The highest BCUT2D eigenvalue weighted by Gasteiger charge is 2.51. The summed E-state index contributed by atoms with van der Waals surface area (Å²) in [5.74, 6) is 0. The van der Waals surface area contributed by atoms with Crippen LogP contribution in [0.1, 0.15) is 19.0 Å². The third kappa shape index (κ3) is 2.82. The Kier molecular flexibility index (Phi) is 4.90. The molecule has 0 radical (unpaired) electrons. The lowest BCUT2D eigenvalue weighted by molar-refractivity contribution is 0.579. The molecule has 0 atom stereocenters. The van der Waals surface area contributed by atoms with E-state index in [1.54, 1.807) is 0 Å². The predicted octanol–water partition coefficient (Wildman–Crippen LogP) is 4.34. The van der Waals surface area contributed by atoms with Gasteiger partial charge in [-0.2, -0.15) is 0 Å². The Labute approximate surface area is 123 Å². The maximum atomic E-state index is 5.99. The van der Waals surface area contributed by atoms with Gasteiger partial charge in [0, 0.05) is 6.54 Å². The van der Waals surface area contributed by atoms with Crippen molar-refractivity contribution in [1.82, 2.24) is 15.0 Å². The van der Waals surface area contributed by atoms with Crippen LogP contribution in [0.15, 0.2) is 0 Å². The van der Waals surface area contributed by atoms with Crippen LogP contribution < -0.4 is 0 Å². The van der Waals surface area contributed by atoms with E-state index in [1.807, 2.05) is 6.92 Å². The van der Waals surface area contributed by atoms with Crippen molar-refractivity contribution in [2.75, 3.05) is 0 Å². The van der Waals surface area contributed by atoms with Crippen molar-refractivity contribution < 1.29 is 0 Å². The molecule has 9 heteroatoms. The van der Waals surface area contributed by atoms with Crippen LogP contribution in [0.2, 0.25) is 5.15 Å². The van der Waals surface area contributed by atoms with E-state index in [0.29, 0.717) is 6.54 Å². The van der Waals surface area contributed by atoms with Crippen LogP contribution >= 0.6 is 69.6 Å². The second-order valence-corrected chi connectivity index (χ2v) is 6.99. The van der Waals surface area contributed by atoms with Gasteiger partial charge in [0.1, 0.15) is 5.69 Å². The topological polar surface area (TPSA) is 30.7 Å². The minimum absolute atomic E-state index is 0.0333. The smallest absolute Gasteiger partial charge is 0.228 e.